The largest absolute Gasteiger partial charge is 0.378 e. The standard InChI is InChI=1S/C11H11BrN4/c1-8-10(2-3-11(12)16-8)14-6-9-4-5-13-7-15-9/h2-5,7,14H,6H2,1H3. The lowest BCUT2D eigenvalue weighted by atomic mass is 10.3. The van der Waals surface area contributed by atoms with Crippen molar-refractivity contribution in [1.82, 2.24) is 15.0 Å². The second kappa shape index (κ2) is 5.03. The van der Waals surface area contributed by atoms with Crippen molar-refractivity contribution in [1.29, 1.82) is 0 Å². The monoisotopic (exact) mass is 278 g/mol. The summed E-state index contributed by atoms with van der Waals surface area (Å²) in [5, 5.41) is 3.28. The predicted octanol–water partition coefficient (Wildman–Crippen LogP) is 2.55. The zero-order valence-corrected chi connectivity index (χ0v) is 10.4. The van der Waals surface area contributed by atoms with Crippen LogP contribution in [0.4, 0.5) is 5.69 Å². The highest BCUT2D eigenvalue weighted by molar-refractivity contribution is 9.10. The fourth-order valence-electron chi connectivity index (χ4n) is 1.33. The van der Waals surface area contributed by atoms with Gasteiger partial charge in [0.1, 0.15) is 10.9 Å². The molecule has 0 aliphatic heterocycles. The number of hydrogen-bond acceptors (Lipinski definition) is 4. The van der Waals surface area contributed by atoms with E-state index in [2.05, 4.69) is 36.2 Å². The first-order valence-electron chi connectivity index (χ1n) is 4.87. The molecule has 0 aliphatic carbocycles. The molecule has 5 heteroatoms. The van der Waals surface area contributed by atoms with Crippen molar-refractivity contribution in [2.24, 2.45) is 0 Å². The molecule has 2 rings (SSSR count). The molecule has 1 N–H and O–H groups in total. The van der Waals surface area contributed by atoms with Crippen molar-refractivity contribution < 1.29 is 0 Å². The molecule has 0 spiro atoms. The molecule has 0 radical (unpaired) electrons. The third-order valence-electron chi connectivity index (χ3n) is 2.16. The highest BCUT2D eigenvalue weighted by Gasteiger charge is 2.00. The molecule has 0 fully saturated rings. The Morgan fingerprint density at radius 3 is 2.88 bits per heavy atom. The molecule has 2 aromatic rings. The van der Waals surface area contributed by atoms with Gasteiger partial charge in [-0.15, -0.1) is 0 Å². The van der Waals surface area contributed by atoms with Crippen molar-refractivity contribution in [3.63, 3.8) is 0 Å². The Morgan fingerprint density at radius 1 is 1.31 bits per heavy atom. The second-order valence-corrected chi connectivity index (χ2v) is 4.13. The van der Waals surface area contributed by atoms with Crippen LogP contribution in [0, 0.1) is 6.92 Å². The van der Waals surface area contributed by atoms with Gasteiger partial charge in [-0.05, 0) is 41.1 Å². The van der Waals surface area contributed by atoms with Crippen molar-refractivity contribution in [3.05, 3.63) is 46.7 Å². The number of nitrogens with one attached hydrogen (secondary N) is 1. The topological polar surface area (TPSA) is 50.7 Å². The predicted molar refractivity (Wildman–Crippen MR) is 66.0 cm³/mol. The summed E-state index contributed by atoms with van der Waals surface area (Å²) in [7, 11) is 0. The van der Waals surface area contributed by atoms with Crippen LogP contribution >= 0.6 is 15.9 Å². The molecule has 0 amide bonds. The number of pyridine rings is 1. The van der Waals surface area contributed by atoms with Gasteiger partial charge in [0.25, 0.3) is 0 Å². The van der Waals surface area contributed by atoms with E-state index in [9.17, 15) is 0 Å². The molecule has 82 valence electrons. The van der Waals surface area contributed by atoms with E-state index in [0.29, 0.717) is 6.54 Å². The maximum absolute atomic E-state index is 4.31. The van der Waals surface area contributed by atoms with Gasteiger partial charge in [0, 0.05) is 6.20 Å². The van der Waals surface area contributed by atoms with Crippen LogP contribution in [0.5, 0.6) is 0 Å². The van der Waals surface area contributed by atoms with Crippen LogP contribution < -0.4 is 5.32 Å². The quantitative estimate of drug-likeness (QED) is 0.877. The summed E-state index contributed by atoms with van der Waals surface area (Å²) >= 11 is 3.33. The number of halogens is 1. The van der Waals surface area contributed by atoms with Gasteiger partial charge < -0.3 is 5.32 Å². The lowest BCUT2D eigenvalue weighted by molar-refractivity contribution is 0.998. The maximum Gasteiger partial charge on any atom is 0.115 e. The van der Waals surface area contributed by atoms with E-state index in [1.807, 2.05) is 25.1 Å². The Morgan fingerprint density at radius 2 is 2.19 bits per heavy atom. The van der Waals surface area contributed by atoms with E-state index >= 15 is 0 Å². The van der Waals surface area contributed by atoms with Crippen LogP contribution in [0.15, 0.2) is 35.3 Å². The van der Waals surface area contributed by atoms with Crippen LogP contribution in [0.25, 0.3) is 0 Å². The average Bonchev–Trinajstić information content (AvgIpc) is 2.29. The highest BCUT2D eigenvalue weighted by Crippen LogP contribution is 2.16. The summed E-state index contributed by atoms with van der Waals surface area (Å²) in [6.07, 6.45) is 3.28. The molecule has 2 aromatic heterocycles. The van der Waals surface area contributed by atoms with Gasteiger partial charge in [-0.25, -0.2) is 15.0 Å². The summed E-state index contributed by atoms with van der Waals surface area (Å²) in [5.41, 5.74) is 2.93. The summed E-state index contributed by atoms with van der Waals surface area (Å²) in [6.45, 7) is 2.64. The van der Waals surface area contributed by atoms with Crippen LogP contribution in [0.2, 0.25) is 0 Å². The molecule has 0 aliphatic rings. The zero-order chi connectivity index (χ0) is 11.4. The van der Waals surface area contributed by atoms with Crippen molar-refractivity contribution in [2.45, 2.75) is 13.5 Å². The van der Waals surface area contributed by atoms with E-state index in [-0.39, 0.29) is 0 Å². The van der Waals surface area contributed by atoms with Crippen molar-refractivity contribution in [3.8, 4) is 0 Å². The number of anilines is 1. The number of hydrogen-bond donors (Lipinski definition) is 1. The second-order valence-electron chi connectivity index (χ2n) is 3.32. The molecule has 0 saturated heterocycles. The van der Waals surface area contributed by atoms with Gasteiger partial charge in [-0.2, -0.15) is 0 Å². The normalized spacial score (nSPS) is 10.1. The van der Waals surface area contributed by atoms with Gasteiger partial charge >= 0.3 is 0 Å². The highest BCUT2D eigenvalue weighted by atomic mass is 79.9. The summed E-state index contributed by atoms with van der Waals surface area (Å²) in [4.78, 5) is 12.3. The molecule has 16 heavy (non-hydrogen) atoms. The fraction of sp³-hybridized carbons (Fsp3) is 0.182. The Balaban J connectivity index is 2.05. The molecule has 4 nitrogen and oxygen atoms in total. The minimum absolute atomic E-state index is 0.673. The summed E-state index contributed by atoms with van der Waals surface area (Å²) in [6, 6.07) is 5.79. The van der Waals surface area contributed by atoms with E-state index < -0.39 is 0 Å². The SMILES string of the molecule is Cc1nc(Br)ccc1NCc1ccncn1. The molecular weight excluding hydrogens is 268 g/mol. The van der Waals surface area contributed by atoms with Crippen LogP contribution in [0.3, 0.4) is 0 Å². The Labute approximate surface area is 102 Å². The van der Waals surface area contributed by atoms with Crippen LogP contribution in [0.1, 0.15) is 11.4 Å². The minimum Gasteiger partial charge on any atom is -0.378 e. The van der Waals surface area contributed by atoms with Crippen molar-refractivity contribution >= 4 is 21.6 Å². The first-order valence-corrected chi connectivity index (χ1v) is 5.67. The van der Waals surface area contributed by atoms with Crippen molar-refractivity contribution in [2.75, 3.05) is 5.32 Å². The number of aryl methyl sites for hydroxylation is 1. The Bertz CT molecular complexity index is 473. The van der Waals surface area contributed by atoms with Gasteiger partial charge in [-0.3, -0.25) is 0 Å². The van der Waals surface area contributed by atoms with E-state index in [1.54, 1.807) is 12.5 Å². The number of nitrogens with zero attached hydrogens (tertiary/aromatic N) is 3. The van der Waals surface area contributed by atoms with Crippen LogP contribution in [-0.2, 0) is 6.54 Å². The smallest absolute Gasteiger partial charge is 0.115 e. The molecule has 0 unspecified atom stereocenters. The molecule has 2 heterocycles. The van der Waals surface area contributed by atoms with E-state index in [0.717, 1.165) is 21.7 Å². The molecule has 0 bridgehead atoms. The minimum atomic E-state index is 0.673. The molecule has 0 atom stereocenters. The van der Waals surface area contributed by atoms with Gasteiger partial charge in [-0.1, -0.05) is 0 Å². The zero-order valence-electron chi connectivity index (χ0n) is 8.81. The molecule has 0 saturated carbocycles. The van der Waals surface area contributed by atoms with Gasteiger partial charge in [0.05, 0.1) is 23.6 Å². The third kappa shape index (κ3) is 2.76. The Kier molecular flexibility index (Phi) is 3.46. The first kappa shape index (κ1) is 11.0. The van der Waals surface area contributed by atoms with E-state index in [4.69, 9.17) is 0 Å². The molecule has 0 aromatic carbocycles. The first-order chi connectivity index (χ1) is 7.75. The van der Waals surface area contributed by atoms with E-state index in [1.165, 1.54) is 0 Å². The lowest BCUT2D eigenvalue weighted by Gasteiger charge is -2.08. The summed E-state index contributed by atoms with van der Waals surface area (Å²) < 4.78 is 0.845. The molecular formula is C11H11BrN4. The van der Waals surface area contributed by atoms with Gasteiger partial charge in [0.2, 0.25) is 0 Å². The van der Waals surface area contributed by atoms with Crippen LogP contribution in [-0.4, -0.2) is 15.0 Å². The number of aromatic nitrogens is 3. The summed E-state index contributed by atoms with van der Waals surface area (Å²) in [5.74, 6) is 0. The van der Waals surface area contributed by atoms with Gasteiger partial charge in [0.15, 0.2) is 0 Å². The lowest BCUT2D eigenvalue weighted by Crippen LogP contribution is -2.03. The third-order valence-corrected chi connectivity index (χ3v) is 2.60. The number of rotatable bonds is 3. The average molecular weight is 279 g/mol. The fourth-order valence-corrected chi connectivity index (χ4v) is 1.72. The maximum atomic E-state index is 4.31. The Hall–Kier alpha value is -1.49.